The Bertz CT molecular complexity index is 451. The number of hydrogen-bond donors (Lipinski definition) is 2. The Balaban J connectivity index is 2.25. The predicted molar refractivity (Wildman–Crippen MR) is 57.6 cm³/mol. The SMILES string of the molecule is O=C1NC(c2cccc([N+](=O)[O-])c2)SC1O. The van der Waals surface area contributed by atoms with Gasteiger partial charge in [0.1, 0.15) is 5.37 Å². The largest absolute Gasteiger partial charge is 0.373 e. The molecule has 1 aliphatic heterocycles. The van der Waals surface area contributed by atoms with Crippen molar-refractivity contribution in [1.82, 2.24) is 5.32 Å². The zero-order valence-corrected chi connectivity index (χ0v) is 8.81. The normalized spacial score (nSPS) is 24.2. The van der Waals surface area contributed by atoms with Gasteiger partial charge in [0.25, 0.3) is 11.6 Å². The Kier molecular flexibility index (Phi) is 2.80. The molecular weight excluding hydrogens is 232 g/mol. The molecule has 0 spiro atoms. The van der Waals surface area contributed by atoms with Crippen molar-refractivity contribution < 1.29 is 14.8 Å². The summed E-state index contributed by atoms with van der Waals surface area (Å²) in [5, 5.41) is 21.9. The highest BCUT2D eigenvalue weighted by molar-refractivity contribution is 8.01. The Morgan fingerprint density at radius 1 is 1.50 bits per heavy atom. The van der Waals surface area contributed by atoms with Crippen LogP contribution in [0.5, 0.6) is 0 Å². The molecule has 2 atom stereocenters. The molecule has 2 rings (SSSR count). The van der Waals surface area contributed by atoms with Crippen molar-refractivity contribution in [2.24, 2.45) is 0 Å². The fourth-order valence-corrected chi connectivity index (χ4v) is 2.33. The molecule has 2 N–H and O–H groups in total. The zero-order valence-electron chi connectivity index (χ0n) is 7.99. The Labute approximate surface area is 94.8 Å². The third-order valence-corrected chi connectivity index (χ3v) is 3.28. The van der Waals surface area contributed by atoms with Gasteiger partial charge in [0.15, 0.2) is 5.44 Å². The minimum absolute atomic E-state index is 0.0336. The second-order valence-corrected chi connectivity index (χ2v) is 4.42. The fraction of sp³-hybridized carbons (Fsp3) is 0.222. The number of carbonyl (C=O) groups excluding carboxylic acids is 1. The minimum atomic E-state index is -1.11. The van der Waals surface area contributed by atoms with E-state index in [0.29, 0.717) is 5.56 Å². The first-order chi connectivity index (χ1) is 7.58. The summed E-state index contributed by atoms with van der Waals surface area (Å²) < 4.78 is 0. The third-order valence-electron chi connectivity index (χ3n) is 2.15. The molecule has 0 saturated carbocycles. The lowest BCUT2D eigenvalue weighted by Crippen LogP contribution is -2.23. The Morgan fingerprint density at radius 3 is 2.81 bits per heavy atom. The molecule has 1 aromatic rings. The fourth-order valence-electron chi connectivity index (χ4n) is 1.39. The monoisotopic (exact) mass is 240 g/mol. The van der Waals surface area contributed by atoms with Crippen LogP contribution in [0, 0.1) is 10.1 Å². The van der Waals surface area contributed by atoms with Gasteiger partial charge >= 0.3 is 0 Å². The highest BCUT2D eigenvalue weighted by Gasteiger charge is 2.32. The van der Waals surface area contributed by atoms with Crippen molar-refractivity contribution >= 4 is 23.4 Å². The topological polar surface area (TPSA) is 92.5 Å². The average Bonchev–Trinajstić information content (AvgIpc) is 2.59. The van der Waals surface area contributed by atoms with E-state index in [0.717, 1.165) is 11.8 Å². The van der Waals surface area contributed by atoms with E-state index in [1.54, 1.807) is 12.1 Å². The molecule has 6 nitrogen and oxygen atoms in total. The first-order valence-corrected chi connectivity index (χ1v) is 5.40. The molecule has 84 valence electrons. The average molecular weight is 240 g/mol. The van der Waals surface area contributed by atoms with Gasteiger partial charge in [0.05, 0.1) is 4.92 Å². The van der Waals surface area contributed by atoms with Gasteiger partial charge in [-0.3, -0.25) is 14.9 Å². The second kappa shape index (κ2) is 4.11. The maximum absolute atomic E-state index is 11.1. The second-order valence-electron chi connectivity index (χ2n) is 3.23. The van der Waals surface area contributed by atoms with Crippen molar-refractivity contribution in [2.45, 2.75) is 10.8 Å². The first kappa shape index (κ1) is 10.9. The summed E-state index contributed by atoms with van der Waals surface area (Å²) in [5.41, 5.74) is -0.540. The maximum atomic E-state index is 11.1. The number of aliphatic hydroxyl groups is 1. The molecule has 0 bridgehead atoms. The van der Waals surface area contributed by atoms with Gasteiger partial charge in [-0.15, -0.1) is 0 Å². The van der Waals surface area contributed by atoms with E-state index >= 15 is 0 Å². The first-order valence-electron chi connectivity index (χ1n) is 4.46. The van der Waals surface area contributed by atoms with Crippen LogP contribution < -0.4 is 5.32 Å². The highest BCUT2D eigenvalue weighted by atomic mass is 32.2. The number of carbonyl (C=O) groups is 1. The van der Waals surface area contributed by atoms with E-state index in [9.17, 15) is 20.0 Å². The quantitative estimate of drug-likeness (QED) is 0.588. The number of aliphatic hydroxyl groups excluding tert-OH is 1. The lowest BCUT2D eigenvalue weighted by Gasteiger charge is -2.08. The summed E-state index contributed by atoms with van der Waals surface area (Å²) in [6.07, 6.45) is 0. The summed E-state index contributed by atoms with van der Waals surface area (Å²) in [5.74, 6) is -0.471. The van der Waals surface area contributed by atoms with Crippen LogP contribution in [-0.2, 0) is 4.79 Å². The van der Waals surface area contributed by atoms with Crippen molar-refractivity contribution in [3.63, 3.8) is 0 Å². The van der Waals surface area contributed by atoms with Crippen molar-refractivity contribution in [3.05, 3.63) is 39.9 Å². The van der Waals surface area contributed by atoms with Crippen LogP contribution in [-0.4, -0.2) is 21.4 Å². The number of nitrogens with one attached hydrogen (secondary N) is 1. The van der Waals surface area contributed by atoms with Crippen molar-refractivity contribution in [1.29, 1.82) is 0 Å². The van der Waals surface area contributed by atoms with E-state index in [2.05, 4.69) is 5.32 Å². The lowest BCUT2D eigenvalue weighted by atomic mass is 10.2. The molecule has 0 aliphatic carbocycles. The highest BCUT2D eigenvalue weighted by Crippen LogP contribution is 2.35. The van der Waals surface area contributed by atoms with E-state index < -0.39 is 21.6 Å². The van der Waals surface area contributed by atoms with Gasteiger partial charge in [-0.05, 0) is 5.56 Å². The molecular formula is C9H8N2O4S. The van der Waals surface area contributed by atoms with Crippen LogP contribution >= 0.6 is 11.8 Å². The van der Waals surface area contributed by atoms with Gasteiger partial charge in [-0.25, -0.2) is 0 Å². The van der Waals surface area contributed by atoms with Crippen LogP contribution in [0.4, 0.5) is 5.69 Å². The smallest absolute Gasteiger partial charge is 0.269 e. The van der Waals surface area contributed by atoms with Gasteiger partial charge < -0.3 is 10.4 Å². The number of benzene rings is 1. The van der Waals surface area contributed by atoms with Gasteiger partial charge in [0.2, 0.25) is 0 Å². The number of thioether (sulfide) groups is 1. The summed E-state index contributed by atoms with van der Waals surface area (Å²) >= 11 is 1.02. The molecule has 16 heavy (non-hydrogen) atoms. The molecule has 0 radical (unpaired) electrons. The van der Waals surface area contributed by atoms with E-state index in [-0.39, 0.29) is 5.69 Å². The molecule has 1 amide bonds. The number of nitro benzene ring substituents is 1. The number of nitro groups is 1. The molecule has 7 heteroatoms. The van der Waals surface area contributed by atoms with E-state index in [4.69, 9.17) is 0 Å². The number of hydrogen-bond acceptors (Lipinski definition) is 5. The summed E-state index contributed by atoms with van der Waals surface area (Å²) in [4.78, 5) is 21.1. The number of non-ortho nitro benzene ring substituents is 1. The predicted octanol–water partition coefficient (Wildman–Crippen LogP) is 0.775. The summed E-state index contributed by atoms with van der Waals surface area (Å²) in [6.45, 7) is 0. The molecule has 1 aliphatic rings. The standard InChI is InChI=1S/C9H8N2O4S/c12-7-9(13)16-8(10-7)5-2-1-3-6(4-5)11(14)15/h1-4,8-9,13H,(H,10,12). The van der Waals surface area contributed by atoms with E-state index in [1.165, 1.54) is 12.1 Å². The molecule has 0 aromatic heterocycles. The van der Waals surface area contributed by atoms with Crippen LogP contribution in [0.25, 0.3) is 0 Å². The molecule has 2 unspecified atom stereocenters. The number of nitrogens with zero attached hydrogens (tertiary/aromatic N) is 1. The molecule has 1 fully saturated rings. The summed E-state index contributed by atoms with van der Waals surface area (Å²) in [6, 6.07) is 5.98. The van der Waals surface area contributed by atoms with Gasteiger partial charge in [0, 0.05) is 12.1 Å². The van der Waals surface area contributed by atoms with Crippen LogP contribution in [0.1, 0.15) is 10.9 Å². The summed E-state index contributed by atoms with van der Waals surface area (Å²) in [7, 11) is 0. The van der Waals surface area contributed by atoms with Crippen LogP contribution in [0.3, 0.4) is 0 Å². The van der Waals surface area contributed by atoms with Gasteiger partial charge in [-0.1, -0.05) is 23.9 Å². The number of rotatable bonds is 2. The molecule has 1 aromatic carbocycles. The van der Waals surface area contributed by atoms with Crippen LogP contribution in [0.2, 0.25) is 0 Å². The van der Waals surface area contributed by atoms with Crippen molar-refractivity contribution in [3.8, 4) is 0 Å². The van der Waals surface area contributed by atoms with E-state index in [1.807, 2.05) is 0 Å². The zero-order chi connectivity index (χ0) is 11.7. The Morgan fingerprint density at radius 2 is 2.25 bits per heavy atom. The lowest BCUT2D eigenvalue weighted by molar-refractivity contribution is -0.384. The van der Waals surface area contributed by atoms with Gasteiger partial charge in [-0.2, -0.15) is 0 Å². The minimum Gasteiger partial charge on any atom is -0.373 e. The van der Waals surface area contributed by atoms with Crippen molar-refractivity contribution in [2.75, 3.05) is 0 Å². The Hall–Kier alpha value is -1.60. The molecule has 1 heterocycles. The maximum Gasteiger partial charge on any atom is 0.269 e. The third kappa shape index (κ3) is 2.00. The number of amides is 1. The molecule has 1 saturated heterocycles. The van der Waals surface area contributed by atoms with Crippen LogP contribution in [0.15, 0.2) is 24.3 Å².